The van der Waals surface area contributed by atoms with Crippen molar-refractivity contribution in [1.82, 2.24) is 0 Å². The maximum Gasteiger partial charge on any atom is 0.343 e. The summed E-state index contributed by atoms with van der Waals surface area (Å²) in [5, 5.41) is 56.5. The van der Waals surface area contributed by atoms with Gasteiger partial charge in [0, 0.05) is 54.3 Å². The number of nitrogens with zero attached hydrogens (tertiary/aromatic N) is 3. The molecule has 0 saturated carbocycles. The number of Topliss-reactive ketones (excluding diaryl/α,β-unsaturated/α-hetero) is 2. The highest BCUT2D eigenvalue weighted by Gasteiger charge is 2.24. The molecule has 2 aliphatic rings. The number of carbonyl (C=O) groups excluding carboxylic acids is 4. The van der Waals surface area contributed by atoms with Gasteiger partial charge in [-0.15, -0.1) is 0 Å². The number of hydrogen-bond acceptors (Lipinski definition) is 21. The smallest absolute Gasteiger partial charge is 0.343 e. The van der Waals surface area contributed by atoms with Crippen LogP contribution in [0, 0.1) is 71.1 Å². The first-order chi connectivity index (χ1) is 35.7. The van der Waals surface area contributed by atoms with Crippen LogP contribution in [0.3, 0.4) is 0 Å². The van der Waals surface area contributed by atoms with E-state index in [1.165, 1.54) is 39.5 Å². The number of aliphatic hydroxyl groups is 1. The van der Waals surface area contributed by atoms with Gasteiger partial charge in [-0.1, -0.05) is 0 Å². The van der Waals surface area contributed by atoms with Gasteiger partial charge in [0.25, 0.3) is 0 Å². The van der Waals surface area contributed by atoms with E-state index in [2.05, 4.69) is 18.9 Å². The van der Waals surface area contributed by atoms with E-state index in [9.17, 15) is 80.3 Å². The highest BCUT2D eigenvalue weighted by molar-refractivity contribution is 5.85. The summed E-state index contributed by atoms with van der Waals surface area (Å²) >= 11 is 0. The average molecular weight is 1090 g/mol. The van der Waals surface area contributed by atoms with Crippen LogP contribution < -0.4 is 28.4 Å². The quantitative estimate of drug-likeness (QED) is 0.0599. The Kier molecular flexibility index (Phi) is 24.6. The van der Waals surface area contributed by atoms with Crippen LogP contribution in [-0.2, 0) is 41.5 Å². The third-order valence-corrected chi connectivity index (χ3v) is 9.01. The zero-order valence-corrected chi connectivity index (χ0v) is 39.7. The van der Waals surface area contributed by atoms with Crippen molar-refractivity contribution in [2.24, 2.45) is 0 Å². The highest BCUT2D eigenvalue weighted by atomic mass is 19.2. The van der Waals surface area contributed by atoms with Crippen molar-refractivity contribution in [3.63, 3.8) is 0 Å². The first-order valence-electron chi connectivity index (χ1n) is 20.3. The molecule has 2 aliphatic heterocycles. The van der Waals surface area contributed by atoms with Crippen LogP contribution in [-0.4, -0.2) is 116 Å². The van der Waals surface area contributed by atoms with E-state index in [0.29, 0.717) is 40.8 Å². The lowest BCUT2D eigenvalue weighted by Crippen LogP contribution is -2.20. The summed E-state index contributed by atoms with van der Waals surface area (Å²) in [6.07, 6.45) is 0.481. The van der Waals surface area contributed by atoms with Crippen LogP contribution in [0.2, 0.25) is 0 Å². The van der Waals surface area contributed by atoms with Crippen molar-refractivity contribution in [2.45, 2.75) is 12.8 Å². The van der Waals surface area contributed by atoms with Crippen molar-refractivity contribution >= 4 is 40.6 Å². The normalized spacial score (nSPS) is 11.4. The molecular weight excluding hydrogens is 1050 g/mol. The number of phenolic OH excluding ortho intramolecular Hbond substituents is 2. The second kappa shape index (κ2) is 29.8. The molecule has 0 aliphatic carbocycles. The van der Waals surface area contributed by atoms with Crippen LogP contribution in [0.15, 0.2) is 60.7 Å². The molecule has 3 N–H and O–H groups in total. The Hall–Kier alpha value is -9.55. The first kappa shape index (κ1) is 62.6. The molecule has 5 aromatic carbocycles. The summed E-state index contributed by atoms with van der Waals surface area (Å²) in [6.45, 7) is -1.07. The number of methoxy groups -OCH3 is 5. The molecule has 0 atom stereocenters. The summed E-state index contributed by atoms with van der Waals surface area (Å²) in [5.41, 5.74) is -1.04. The number of hydrogen-bond donors (Lipinski definition) is 3. The Morgan fingerprint density at radius 1 is 0.513 bits per heavy atom. The number of nitro groups is 3. The Morgan fingerprint density at radius 3 is 1.34 bits per heavy atom. The number of nitro benzene ring substituents is 3. The van der Waals surface area contributed by atoms with E-state index in [0.717, 1.165) is 32.4 Å². The molecule has 0 spiro atoms. The summed E-state index contributed by atoms with van der Waals surface area (Å²) in [7, 11) is 6.06. The molecule has 0 bridgehead atoms. The lowest BCUT2D eigenvalue weighted by atomic mass is 10.1. The first-order valence-corrected chi connectivity index (χ1v) is 20.3. The van der Waals surface area contributed by atoms with Crippen molar-refractivity contribution < 1.29 is 118 Å². The van der Waals surface area contributed by atoms with Gasteiger partial charge in [0.2, 0.25) is 17.4 Å². The minimum absolute atomic E-state index is 0.00818. The van der Waals surface area contributed by atoms with Crippen LogP contribution in [0.25, 0.3) is 0 Å². The van der Waals surface area contributed by atoms with E-state index in [-0.39, 0.29) is 66.7 Å². The average Bonchev–Trinajstić information content (AvgIpc) is 3.37. The molecule has 5 aromatic rings. The largest absolute Gasteiger partial charge is 0.505 e. The maximum atomic E-state index is 13.4. The van der Waals surface area contributed by atoms with Gasteiger partial charge < -0.3 is 53.2 Å². The lowest BCUT2D eigenvalue weighted by molar-refractivity contribution is -0.387. The fourth-order valence-electron chi connectivity index (χ4n) is 5.39. The number of ether oxygens (including phenoxy) is 8. The van der Waals surface area contributed by atoms with Crippen molar-refractivity contribution in [1.29, 1.82) is 0 Å². The van der Waals surface area contributed by atoms with Crippen LogP contribution in [0.4, 0.5) is 47.8 Å². The van der Waals surface area contributed by atoms with E-state index < -0.39 is 109 Å². The van der Waals surface area contributed by atoms with Crippen LogP contribution in [0.5, 0.6) is 46.0 Å². The summed E-state index contributed by atoms with van der Waals surface area (Å²) < 4.78 is 127. The molecule has 7 rings (SSSR count). The zero-order chi connectivity index (χ0) is 57.6. The SMILES string of the molecule is COC(=O)CO.COC(=O)COc1cc(F)c(OC)cc1[N+](=O)[O-].COc1cc([N+](=O)[O-])c(F)cc1F.COc1cc2c(cc1F)OCC(=O)C2.O=C1COc2cc(F)c(O)cc2C1.O=[N+]([O-])c1cc(O)c(F)cc1F. The number of benzene rings is 5. The van der Waals surface area contributed by atoms with Crippen molar-refractivity contribution in [3.8, 4) is 46.0 Å². The number of rotatable bonds is 10. The summed E-state index contributed by atoms with van der Waals surface area (Å²) in [6, 6.07) is 8.52. The molecule has 31 heteroatoms. The van der Waals surface area contributed by atoms with Crippen molar-refractivity contribution in [3.05, 3.63) is 143 Å². The molecule has 2 heterocycles. The van der Waals surface area contributed by atoms with Gasteiger partial charge in [0.1, 0.15) is 31.3 Å². The minimum Gasteiger partial charge on any atom is -0.505 e. The fraction of sp³-hybridized carbons (Fsp3) is 0.244. The van der Waals surface area contributed by atoms with Crippen LogP contribution >= 0.6 is 0 Å². The standard InChI is InChI=1S/C10H10FNO6.C10H9FO3.C9H7FO3.C7H5F2NO3.C6H3F2NO3.C3H6O3/c1-16-8-4-7(12(14)15)9(3-6(8)11)18-5-10(13)17-2;1-13-10-3-6-2-7(12)5-14-9(6)4-8(10)11;10-7-3-9-5(2-8(7)12)1-6(11)4-13-9;1-13-7-3-6(10(11)12)4(8)2-5(7)9;7-3-1-4(8)6(10)2-5(3)9(11)12;1-6-3(5)2-4/h3-4H,5H2,1-2H3;3-4H,2,5H2,1H3;2-3,12H,1,4H2;2-3H,1H3;1-2,10H;4H,2H2,1H3. The molecule has 0 aromatic heterocycles. The Labute approximate surface area is 421 Å². The monoisotopic (exact) mass is 1090 g/mol. The summed E-state index contributed by atoms with van der Waals surface area (Å²) in [4.78, 5) is 70.7. The fourth-order valence-corrected chi connectivity index (χ4v) is 5.39. The van der Waals surface area contributed by atoms with Gasteiger partial charge in [0.15, 0.2) is 76.0 Å². The number of fused-ring (bicyclic) bond motifs is 2. The Balaban J connectivity index is 0.000000318. The van der Waals surface area contributed by atoms with Gasteiger partial charge >= 0.3 is 29.0 Å². The van der Waals surface area contributed by atoms with Gasteiger partial charge in [-0.25, -0.2) is 31.5 Å². The van der Waals surface area contributed by atoms with Gasteiger partial charge in [0.05, 0.1) is 68.5 Å². The number of aromatic hydroxyl groups is 2. The molecule has 76 heavy (non-hydrogen) atoms. The van der Waals surface area contributed by atoms with Gasteiger partial charge in [-0.2, -0.15) is 8.78 Å². The van der Waals surface area contributed by atoms with E-state index in [4.69, 9.17) is 34.3 Å². The highest BCUT2D eigenvalue weighted by Crippen LogP contribution is 2.35. The summed E-state index contributed by atoms with van der Waals surface area (Å²) in [5.74, 6) is -9.65. The number of esters is 2. The topological polar surface area (TPSA) is 332 Å². The van der Waals surface area contributed by atoms with Crippen LogP contribution in [0.1, 0.15) is 11.1 Å². The van der Waals surface area contributed by atoms with Gasteiger partial charge in [-0.3, -0.25) is 39.9 Å². The number of halogens is 7. The van der Waals surface area contributed by atoms with E-state index in [1.807, 2.05) is 0 Å². The Bertz CT molecular complexity index is 2940. The minimum atomic E-state index is -1.31. The number of carbonyl (C=O) groups is 4. The molecule has 0 saturated heterocycles. The third-order valence-electron chi connectivity index (χ3n) is 9.01. The number of ketones is 2. The second-order valence-electron chi connectivity index (χ2n) is 14.0. The Morgan fingerprint density at radius 2 is 0.895 bits per heavy atom. The zero-order valence-electron chi connectivity index (χ0n) is 39.7. The van der Waals surface area contributed by atoms with E-state index in [1.54, 1.807) is 0 Å². The molecular formula is C45H40F7N3O21. The van der Waals surface area contributed by atoms with E-state index >= 15 is 0 Å². The second-order valence-corrected chi connectivity index (χ2v) is 14.0. The maximum absolute atomic E-state index is 13.4. The predicted octanol–water partition coefficient (Wildman–Crippen LogP) is 6.28. The van der Waals surface area contributed by atoms with Crippen molar-refractivity contribution in [2.75, 3.05) is 62.0 Å². The van der Waals surface area contributed by atoms with Gasteiger partial charge in [-0.05, 0) is 12.1 Å². The third kappa shape index (κ3) is 18.8. The lowest BCUT2D eigenvalue weighted by Gasteiger charge is -2.17. The molecule has 410 valence electrons. The molecule has 24 nitrogen and oxygen atoms in total. The number of aliphatic hydroxyl groups excluding tert-OH is 1. The molecule has 0 fully saturated rings. The predicted molar refractivity (Wildman–Crippen MR) is 240 cm³/mol. The molecule has 0 radical (unpaired) electrons. The number of phenols is 2. The molecule has 0 unspecified atom stereocenters. The molecule has 0 amide bonds.